The third kappa shape index (κ3) is 3.44. The number of methoxy groups -OCH3 is 1. The van der Waals surface area contributed by atoms with Crippen molar-refractivity contribution in [2.24, 2.45) is 11.3 Å². The van der Waals surface area contributed by atoms with Gasteiger partial charge in [-0.2, -0.15) is 0 Å². The summed E-state index contributed by atoms with van der Waals surface area (Å²) >= 11 is 0. The van der Waals surface area contributed by atoms with Gasteiger partial charge in [-0.25, -0.2) is 4.98 Å². The maximum Gasteiger partial charge on any atom is 0.255 e. The van der Waals surface area contributed by atoms with Crippen LogP contribution >= 0.6 is 0 Å². The molecular formula is C21H24N4O3. The fourth-order valence-electron chi connectivity index (χ4n) is 4.24. The number of amides is 2. The van der Waals surface area contributed by atoms with E-state index in [1.54, 1.807) is 30.3 Å². The van der Waals surface area contributed by atoms with Gasteiger partial charge in [-0.15, -0.1) is 0 Å². The summed E-state index contributed by atoms with van der Waals surface area (Å²) in [6.45, 7) is 1.47. The Morgan fingerprint density at radius 3 is 2.71 bits per heavy atom. The Labute approximate surface area is 164 Å². The molecule has 2 amide bonds. The molecule has 1 spiro atoms. The summed E-state index contributed by atoms with van der Waals surface area (Å²) in [6.07, 6.45) is 6.33. The Hall–Kier alpha value is -2.96. The number of nitrogens with one attached hydrogen (secondary N) is 1. The molecule has 4 rings (SSSR count). The van der Waals surface area contributed by atoms with Crippen LogP contribution in [0.3, 0.4) is 0 Å². The normalized spacial score (nSPS) is 19.9. The van der Waals surface area contributed by atoms with Crippen molar-refractivity contribution < 1.29 is 14.3 Å². The number of pyridine rings is 2. The molecule has 0 bridgehead atoms. The second kappa shape index (κ2) is 7.58. The number of hydrogen-bond donors (Lipinski definition) is 1. The molecule has 2 fully saturated rings. The van der Waals surface area contributed by atoms with Crippen molar-refractivity contribution in [1.29, 1.82) is 0 Å². The molecule has 1 saturated heterocycles. The van der Waals surface area contributed by atoms with Crippen LogP contribution in [0.2, 0.25) is 0 Å². The minimum absolute atomic E-state index is 0.00788. The molecule has 1 N–H and O–H groups in total. The molecular weight excluding hydrogens is 356 g/mol. The lowest BCUT2D eigenvalue weighted by Gasteiger charge is -2.41. The van der Waals surface area contributed by atoms with Gasteiger partial charge in [-0.1, -0.05) is 12.5 Å². The van der Waals surface area contributed by atoms with Crippen molar-refractivity contribution in [3.8, 4) is 5.88 Å². The van der Waals surface area contributed by atoms with Gasteiger partial charge in [0.1, 0.15) is 0 Å². The molecule has 1 atom stereocenters. The molecule has 2 aromatic heterocycles. The van der Waals surface area contributed by atoms with E-state index < -0.39 is 0 Å². The Morgan fingerprint density at radius 2 is 2.11 bits per heavy atom. The van der Waals surface area contributed by atoms with Crippen LogP contribution in [0.1, 0.15) is 35.3 Å². The van der Waals surface area contributed by atoms with Gasteiger partial charge in [0.2, 0.25) is 11.8 Å². The molecule has 0 aromatic carbocycles. The summed E-state index contributed by atoms with van der Waals surface area (Å²) < 4.78 is 5.05. The maximum atomic E-state index is 12.9. The molecule has 7 nitrogen and oxygen atoms in total. The van der Waals surface area contributed by atoms with E-state index in [9.17, 15) is 9.59 Å². The van der Waals surface area contributed by atoms with Gasteiger partial charge >= 0.3 is 0 Å². The van der Waals surface area contributed by atoms with E-state index in [0.717, 1.165) is 25.0 Å². The quantitative estimate of drug-likeness (QED) is 0.858. The molecule has 146 valence electrons. The minimum Gasteiger partial charge on any atom is -0.481 e. The third-order valence-electron chi connectivity index (χ3n) is 5.96. The average Bonchev–Trinajstić information content (AvgIpc) is 3.14. The fraction of sp³-hybridized carbons (Fsp3) is 0.429. The lowest BCUT2D eigenvalue weighted by atomic mass is 9.62. The third-order valence-corrected chi connectivity index (χ3v) is 5.96. The van der Waals surface area contributed by atoms with Crippen molar-refractivity contribution in [1.82, 2.24) is 20.2 Å². The van der Waals surface area contributed by atoms with Gasteiger partial charge in [0, 0.05) is 37.0 Å². The van der Waals surface area contributed by atoms with Gasteiger partial charge in [-0.3, -0.25) is 14.6 Å². The number of nitrogens with zero attached hydrogens (tertiary/aromatic N) is 3. The molecule has 1 aliphatic heterocycles. The van der Waals surface area contributed by atoms with Gasteiger partial charge in [0.05, 0.1) is 30.8 Å². The summed E-state index contributed by atoms with van der Waals surface area (Å²) in [5, 5.41) is 3.01. The zero-order valence-corrected chi connectivity index (χ0v) is 15.9. The Bertz CT molecular complexity index is 850. The highest BCUT2D eigenvalue weighted by atomic mass is 16.5. The number of carbonyl (C=O) groups excluding carboxylic acids is 2. The highest BCUT2D eigenvalue weighted by Gasteiger charge is 2.54. The van der Waals surface area contributed by atoms with Crippen LogP contribution in [0.5, 0.6) is 5.88 Å². The zero-order chi connectivity index (χ0) is 19.6. The second-order valence-corrected chi connectivity index (χ2v) is 7.58. The molecule has 1 aliphatic carbocycles. The van der Waals surface area contributed by atoms with E-state index in [4.69, 9.17) is 4.74 Å². The van der Waals surface area contributed by atoms with Crippen molar-refractivity contribution >= 4 is 11.8 Å². The average molecular weight is 380 g/mol. The van der Waals surface area contributed by atoms with Crippen molar-refractivity contribution in [2.75, 3.05) is 20.2 Å². The van der Waals surface area contributed by atoms with Gasteiger partial charge in [0.15, 0.2) is 0 Å². The SMILES string of the molecule is COc1ccc(C(=O)N2CC(C(=O)NCc3ccccn3)C3(CCC3)C2)cn1. The van der Waals surface area contributed by atoms with Gasteiger partial charge in [0.25, 0.3) is 5.91 Å². The van der Waals surface area contributed by atoms with Gasteiger partial charge in [-0.05, 0) is 31.0 Å². The van der Waals surface area contributed by atoms with E-state index in [1.165, 1.54) is 6.20 Å². The summed E-state index contributed by atoms with van der Waals surface area (Å²) in [5.74, 6) is 0.218. The number of carbonyl (C=O) groups is 2. The first-order chi connectivity index (χ1) is 13.6. The monoisotopic (exact) mass is 380 g/mol. The number of ether oxygens (including phenoxy) is 1. The first kappa shape index (κ1) is 18.4. The Kier molecular flexibility index (Phi) is 4.98. The molecule has 1 unspecified atom stereocenters. The van der Waals surface area contributed by atoms with E-state index >= 15 is 0 Å². The molecule has 28 heavy (non-hydrogen) atoms. The van der Waals surface area contributed by atoms with Crippen LogP contribution in [0, 0.1) is 11.3 Å². The van der Waals surface area contributed by atoms with Crippen LogP contribution in [-0.2, 0) is 11.3 Å². The van der Waals surface area contributed by atoms with Crippen LogP contribution in [0.25, 0.3) is 0 Å². The molecule has 2 aliphatic rings. The highest BCUT2D eigenvalue weighted by Crippen LogP contribution is 2.52. The van der Waals surface area contributed by atoms with Gasteiger partial charge < -0.3 is 15.0 Å². The fourth-order valence-corrected chi connectivity index (χ4v) is 4.24. The van der Waals surface area contributed by atoms with Crippen molar-refractivity contribution in [2.45, 2.75) is 25.8 Å². The predicted octanol–water partition coefficient (Wildman–Crippen LogP) is 2.04. The molecule has 2 aromatic rings. The summed E-state index contributed by atoms with van der Waals surface area (Å²) in [5.41, 5.74) is 1.25. The minimum atomic E-state index is -0.180. The molecule has 7 heteroatoms. The molecule has 0 radical (unpaired) electrons. The highest BCUT2D eigenvalue weighted by molar-refractivity contribution is 5.95. The standard InChI is InChI=1S/C21H24N4O3/c1-28-18-7-6-15(11-23-18)20(27)25-13-17(21(14-25)8-4-9-21)19(26)24-12-16-5-2-3-10-22-16/h2-3,5-7,10-11,17H,4,8-9,12-14H2,1H3,(H,24,26). The first-order valence-electron chi connectivity index (χ1n) is 9.58. The van der Waals surface area contributed by atoms with E-state index in [1.807, 2.05) is 18.2 Å². The number of rotatable bonds is 5. The lowest BCUT2D eigenvalue weighted by Crippen LogP contribution is -2.45. The maximum absolute atomic E-state index is 12.9. The van der Waals surface area contributed by atoms with E-state index in [0.29, 0.717) is 31.1 Å². The van der Waals surface area contributed by atoms with Crippen LogP contribution in [0.15, 0.2) is 42.7 Å². The van der Waals surface area contributed by atoms with Crippen molar-refractivity contribution in [3.63, 3.8) is 0 Å². The summed E-state index contributed by atoms with van der Waals surface area (Å²) in [6, 6.07) is 9.04. The van der Waals surface area contributed by atoms with E-state index in [-0.39, 0.29) is 23.1 Å². The molecule has 3 heterocycles. The lowest BCUT2D eigenvalue weighted by molar-refractivity contribution is -0.129. The second-order valence-electron chi connectivity index (χ2n) is 7.58. The largest absolute Gasteiger partial charge is 0.481 e. The van der Waals surface area contributed by atoms with Crippen LogP contribution in [0.4, 0.5) is 0 Å². The zero-order valence-electron chi connectivity index (χ0n) is 15.9. The Balaban J connectivity index is 1.44. The smallest absolute Gasteiger partial charge is 0.255 e. The number of likely N-dealkylation sites (tertiary alicyclic amines) is 1. The summed E-state index contributed by atoms with van der Waals surface area (Å²) in [7, 11) is 1.54. The summed E-state index contributed by atoms with van der Waals surface area (Å²) in [4.78, 5) is 36.0. The Morgan fingerprint density at radius 1 is 1.25 bits per heavy atom. The predicted molar refractivity (Wildman–Crippen MR) is 103 cm³/mol. The van der Waals surface area contributed by atoms with E-state index in [2.05, 4.69) is 15.3 Å². The topological polar surface area (TPSA) is 84.4 Å². The molecule has 1 saturated carbocycles. The van der Waals surface area contributed by atoms with Crippen LogP contribution in [-0.4, -0.2) is 46.9 Å². The van der Waals surface area contributed by atoms with Crippen molar-refractivity contribution in [3.05, 3.63) is 54.0 Å². The van der Waals surface area contributed by atoms with Crippen LogP contribution < -0.4 is 10.1 Å². The number of aromatic nitrogens is 2. The first-order valence-corrected chi connectivity index (χ1v) is 9.58. The number of hydrogen-bond acceptors (Lipinski definition) is 5.